The molecule has 0 spiro atoms. The number of benzene rings is 1. The van der Waals surface area contributed by atoms with Gasteiger partial charge in [0.1, 0.15) is 5.60 Å². The summed E-state index contributed by atoms with van der Waals surface area (Å²) in [4.78, 5) is 0. The third kappa shape index (κ3) is 1.97. The highest BCUT2D eigenvalue weighted by atomic mass is 79.9. The van der Waals surface area contributed by atoms with Crippen LogP contribution in [-0.4, -0.2) is 16.1 Å². The van der Waals surface area contributed by atoms with Crippen LogP contribution in [0.1, 0.15) is 24.5 Å². The molecular weight excluding hydrogens is 272 g/mol. The van der Waals surface area contributed by atoms with E-state index in [1.807, 2.05) is 23.9 Å². The third-order valence-corrected chi connectivity index (χ3v) is 5.00. The van der Waals surface area contributed by atoms with Gasteiger partial charge in [-0.15, -0.1) is 0 Å². The van der Waals surface area contributed by atoms with Crippen molar-refractivity contribution in [1.29, 1.82) is 0 Å². The van der Waals surface area contributed by atoms with Crippen molar-refractivity contribution < 1.29 is 5.11 Å². The molecule has 1 nitrogen and oxygen atoms in total. The fourth-order valence-corrected chi connectivity index (χ4v) is 3.98. The predicted octanol–water partition coefficient (Wildman–Crippen LogP) is 3.47. The van der Waals surface area contributed by atoms with Gasteiger partial charge in [-0.2, -0.15) is 11.8 Å². The predicted molar refractivity (Wildman–Crippen MR) is 69.3 cm³/mol. The molecule has 1 fully saturated rings. The van der Waals surface area contributed by atoms with Crippen LogP contribution in [-0.2, 0) is 5.60 Å². The summed E-state index contributed by atoms with van der Waals surface area (Å²) in [5.74, 6) is 1.05. The minimum absolute atomic E-state index is 0.289. The largest absolute Gasteiger partial charge is 0.384 e. The van der Waals surface area contributed by atoms with Crippen LogP contribution >= 0.6 is 27.7 Å². The Labute approximate surface area is 103 Å². The summed E-state index contributed by atoms with van der Waals surface area (Å²) >= 11 is 5.30. The van der Waals surface area contributed by atoms with Gasteiger partial charge in [0, 0.05) is 9.72 Å². The summed E-state index contributed by atoms with van der Waals surface area (Å²) in [6.07, 6.45) is 0.862. The molecule has 1 aromatic rings. The molecule has 1 heterocycles. The molecule has 1 aliphatic heterocycles. The molecule has 2 atom stereocenters. The first-order valence-corrected chi connectivity index (χ1v) is 6.99. The lowest BCUT2D eigenvalue weighted by atomic mass is 9.86. The lowest BCUT2D eigenvalue weighted by Gasteiger charge is -2.29. The smallest absolute Gasteiger partial charge is 0.102 e. The maximum atomic E-state index is 10.7. The van der Waals surface area contributed by atoms with Crippen LogP contribution in [0.4, 0.5) is 0 Å². The highest BCUT2D eigenvalue weighted by Crippen LogP contribution is 2.44. The quantitative estimate of drug-likeness (QED) is 0.853. The molecule has 1 saturated heterocycles. The summed E-state index contributed by atoms with van der Waals surface area (Å²) in [6, 6.07) is 6.13. The summed E-state index contributed by atoms with van der Waals surface area (Å²) in [5, 5.41) is 11.0. The van der Waals surface area contributed by atoms with Gasteiger partial charge >= 0.3 is 0 Å². The summed E-state index contributed by atoms with van der Waals surface area (Å²) < 4.78 is 1.07. The zero-order chi connectivity index (χ0) is 11.1. The van der Waals surface area contributed by atoms with Crippen LogP contribution in [0, 0.1) is 6.92 Å². The van der Waals surface area contributed by atoms with Gasteiger partial charge in [0.15, 0.2) is 0 Å². The number of hydrogen-bond acceptors (Lipinski definition) is 2. The molecule has 0 radical (unpaired) electrons. The van der Waals surface area contributed by atoms with Gasteiger partial charge in [0.05, 0.1) is 0 Å². The Bertz CT molecular complexity index is 380. The molecule has 0 aliphatic carbocycles. The Morgan fingerprint density at radius 2 is 2.27 bits per heavy atom. The van der Waals surface area contributed by atoms with E-state index in [1.165, 1.54) is 5.56 Å². The first kappa shape index (κ1) is 11.5. The van der Waals surface area contributed by atoms with Crippen LogP contribution in [0.15, 0.2) is 22.7 Å². The standard InChI is InChI=1S/C12H15BrOS/c1-8-7-10(13)3-4-11(8)12(14)5-6-15-9(12)2/h3-4,7,9,14H,5-6H2,1-2H3/t9-,12+/m1/s1. The van der Waals surface area contributed by atoms with Gasteiger partial charge in [0.2, 0.25) is 0 Å². The second-order valence-electron chi connectivity index (χ2n) is 4.15. The van der Waals surface area contributed by atoms with E-state index in [1.54, 1.807) is 0 Å². The van der Waals surface area contributed by atoms with Crippen LogP contribution in [0.3, 0.4) is 0 Å². The van der Waals surface area contributed by atoms with Crippen molar-refractivity contribution in [2.45, 2.75) is 31.1 Å². The number of hydrogen-bond donors (Lipinski definition) is 1. The molecule has 15 heavy (non-hydrogen) atoms. The molecule has 0 bridgehead atoms. The van der Waals surface area contributed by atoms with E-state index < -0.39 is 5.60 Å². The van der Waals surface area contributed by atoms with Gasteiger partial charge in [0.25, 0.3) is 0 Å². The number of thioether (sulfide) groups is 1. The molecular formula is C12H15BrOS. The second kappa shape index (κ2) is 4.11. The van der Waals surface area contributed by atoms with Crippen molar-refractivity contribution in [2.24, 2.45) is 0 Å². The highest BCUT2D eigenvalue weighted by Gasteiger charge is 2.41. The van der Waals surface area contributed by atoms with Gasteiger partial charge in [-0.25, -0.2) is 0 Å². The van der Waals surface area contributed by atoms with Crippen molar-refractivity contribution in [2.75, 3.05) is 5.75 Å². The first-order valence-electron chi connectivity index (χ1n) is 5.14. The molecule has 1 N–H and O–H groups in total. The summed E-state index contributed by atoms with van der Waals surface area (Å²) in [6.45, 7) is 4.17. The number of aliphatic hydroxyl groups is 1. The van der Waals surface area contributed by atoms with Crippen molar-refractivity contribution in [3.8, 4) is 0 Å². The van der Waals surface area contributed by atoms with E-state index in [0.717, 1.165) is 22.2 Å². The van der Waals surface area contributed by atoms with Gasteiger partial charge in [-0.3, -0.25) is 0 Å². The first-order chi connectivity index (χ1) is 7.04. The van der Waals surface area contributed by atoms with Crippen LogP contribution < -0.4 is 0 Å². The van der Waals surface area contributed by atoms with Crippen molar-refractivity contribution in [3.05, 3.63) is 33.8 Å². The Hall–Kier alpha value is 0.01000. The fraction of sp³-hybridized carbons (Fsp3) is 0.500. The average Bonchev–Trinajstić information content (AvgIpc) is 2.47. The van der Waals surface area contributed by atoms with E-state index in [4.69, 9.17) is 0 Å². The molecule has 0 aromatic heterocycles. The lowest BCUT2D eigenvalue weighted by Crippen LogP contribution is -2.32. The maximum Gasteiger partial charge on any atom is 0.102 e. The second-order valence-corrected chi connectivity index (χ2v) is 6.51. The zero-order valence-corrected chi connectivity index (χ0v) is 11.4. The van der Waals surface area contributed by atoms with Crippen molar-refractivity contribution in [1.82, 2.24) is 0 Å². The van der Waals surface area contributed by atoms with Gasteiger partial charge in [-0.1, -0.05) is 28.9 Å². The number of rotatable bonds is 1. The third-order valence-electron chi connectivity index (χ3n) is 3.18. The van der Waals surface area contributed by atoms with Crippen LogP contribution in [0.5, 0.6) is 0 Å². The minimum atomic E-state index is -0.630. The Balaban J connectivity index is 2.44. The summed E-state index contributed by atoms with van der Waals surface area (Å²) in [7, 11) is 0. The zero-order valence-electron chi connectivity index (χ0n) is 8.96. The van der Waals surface area contributed by atoms with Crippen LogP contribution in [0.25, 0.3) is 0 Å². The van der Waals surface area contributed by atoms with E-state index in [-0.39, 0.29) is 5.25 Å². The molecule has 0 amide bonds. The number of aryl methyl sites for hydroxylation is 1. The maximum absolute atomic E-state index is 10.7. The molecule has 1 aliphatic rings. The molecule has 0 saturated carbocycles. The summed E-state index contributed by atoms with van der Waals surface area (Å²) in [5.41, 5.74) is 1.62. The minimum Gasteiger partial charge on any atom is -0.384 e. The lowest BCUT2D eigenvalue weighted by molar-refractivity contribution is 0.0421. The van der Waals surface area contributed by atoms with Gasteiger partial charge in [-0.05, 0) is 42.4 Å². The van der Waals surface area contributed by atoms with Crippen LogP contribution in [0.2, 0.25) is 0 Å². The Kier molecular flexibility index (Phi) is 3.15. The topological polar surface area (TPSA) is 20.2 Å². The molecule has 82 valence electrons. The van der Waals surface area contributed by atoms with Crippen molar-refractivity contribution >= 4 is 27.7 Å². The van der Waals surface area contributed by atoms with E-state index in [9.17, 15) is 5.11 Å². The van der Waals surface area contributed by atoms with E-state index in [0.29, 0.717) is 0 Å². The Morgan fingerprint density at radius 1 is 1.53 bits per heavy atom. The monoisotopic (exact) mass is 286 g/mol. The van der Waals surface area contributed by atoms with E-state index >= 15 is 0 Å². The fourth-order valence-electron chi connectivity index (χ4n) is 2.20. The molecule has 2 rings (SSSR count). The normalized spacial score (nSPS) is 30.8. The average molecular weight is 287 g/mol. The molecule has 0 unspecified atom stereocenters. The van der Waals surface area contributed by atoms with Gasteiger partial charge < -0.3 is 5.11 Å². The van der Waals surface area contributed by atoms with Crippen molar-refractivity contribution in [3.63, 3.8) is 0 Å². The molecule has 3 heteroatoms. The Morgan fingerprint density at radius 3 is 2.80 bits per heavy atom. The SMILES string of the molecule is Cc1cc(Br)ccc1[C@]1(O)CCS[C@@H]1C. The number of halogens is 1. The highest BCUT2D eigenvalue weighted by molar-refractivity contribution is 9.10. The molecule has 1 aromatic carbocycles. The van der Waals surface area contributed by atoms with E-state index in [2.05, 4.69) is 35.8 Å².